The lowest BCUT2D eigenvalue weighted by Gasteiger charge is -2.27. The number of aromatic nitrogens is 3. The highest BCUT2D eigenvalue weighted by Crippen LogP contribution is 2.26. The maximum absolute atomic E-state index is 12.8. The Labute approximate surface area is 156 Å². The van der Waals surface area contributed by atoms with Gasteiger partial charge in [0, 0.05) is 24.5 Å². The van der Waals surface area contributed by atoms with Crippen LogP contribution >= 0.6 is 11.3 Å². The number of thiophene rings is 1. The van der Waals surface area contributed by atoms with Crippen LogP contribution < -0.4 is 5.32 Å². The van der Waals surface area contributed by atoms with Gasteiger partial charge in [-0.3, -0.25) is 19.8 Å². The number of amides is 1. The number of hydrogen-bond donors (Lipinski definition) is 2. The predicted molar refractivity (Wildman–Crippen MR) is 102 cm³/mol. The van der Waals surface area contributed by atoms with E-state index in [2.05, 4.69) is 42.2 Å². The van der Waals surface area contributed by atoms with Crippen molar-refractivity contribution in [2.45, 2.75) is 18.9 Å². The molecule has 0 saturated carbocycles. The second-order valence-corrected chi connectivity index (χ2v) is 7.21. The lowest BCUT2D eigenvalue weighted by molar-refractivity contribution is 0.0938. The zero-order valence-corrected chi connectivity index (χ0v) is 15.2. The molecule has 1 saturated heterocycles. The van der Waals surface area contributed by atoms with Crippen molar-refractivity contribution < 1.29 is 4.79 Å². The minimum atomic E-state index is -0.114. The molecule has 6 nitrogen and oxygen atoms in total. The Morgan fingerprint density at radius 3 is 2.92 bits per heavy atom. The number of nitrogens with zero attached hydrogens (tertiary/aromatic N) is 3. The van der Waals surface area contributed by atoms with Gasteiger partial charge in [0.05, 0.1) is 23.5 Å². The monoisotopic (exact) mass is 367 g/mol. The van der Waals surface area contributed by atoms with Crippen molar-refractivity contribution in [1.29, 1.82) is 0 Å². The van der Waals surface area contributed by atoms with Crippen LogP contribution in [0.2, 0.25) is 0 Å². The molecule has 134 valence electrons. The fourth-order valence-corrected chi connectivity index (χ4v) is 4.16. The van der Waals surface area contributed by atoms with Crippen molar-refractivity contribution in [2.75, 3.05) is 19.6 Å². The van der Waals surface area contributed by atoms with Gasteiger partial charge in [0.25, 0.3) is 5.91 Å². The molecular formula is C19H21N5OS. The Balaban J connectivity index is 1.49. The molecule has 1 aliphatic rings. The summed E-state index contributed by atoms with van der Waals surface area (Å²) in [6, 6.07) is 6.13. The first-order valence-electron chi connectivity index (χ1n) is 8.81. The minimum Gasteiger partial charge on any atom is -0.350 e. The number of rotatable bonds is 6. The van der Waals surface area contributed by atoms with Crippen molar-refractivity contribution in [3.63, 3.8) is 0 Å². The molecule has 0 bridgehead atoms. The minimum absolute atomic E-state index is 0.114. The van der Waals surface area contributed by atoms with Crippen molar-refractivity contribution >= 4 is 17.2 Å². The van der Waals surface area contributed by atoms with Gasteiger partial charge < -0.3 is 5.32 Å². The number of carbonyl (C=O) groups is 1. The molecule has 2 N–H and O–H groups in total. The Morgan fingerprint density at radius 1 is 1.31 bits per heavy atom. The largest absolute Gasteiger partial charge is 0.350 e. The van der Waals surface area contributed by atoms with Gasteiger partial charge in [-0.2, -0.15) is 16.4 Å². The summed E-state index contributed by atoms with van der Waals surface area (Å²) in [6.45, 7) is 2.76. The summed E-state index contributed by atoms with van der Waals surface area (Å²) < 4.78 is 0. The lowest BCUT2D eigenvalue weighted by Crippen LogP contribution is -2.36. The molecule has 3 aromatic heterocycles. The molecule has 1 atom stereocenters. The SMILES string of the molecule is O=C(NCC(c1ccsc1)N1CCCC1)c1cn[nH]c1-c1cccnc1. The van der Waals surface area contributed by atoms with Crippen LogP contribution in [0.5, 0.6) is 0 Å². The molecule has 0 aromatic carbocycles. The van der Waals surface area contributed by atoms with E-state index in [1.54, 1.807) is 29.9 Å². The van der Waals surface area contributed by atoms with Gasteiger partial charge in [0.15, 0.2) is 0 Å². The highest BCUT2D eigenvalue weighted by atomic mass is 32.1. The summed E-state index contributed by atoms with van der Waals surface area (Å²) in [6.07, 6.45) is 7.46. The fraction of sp³-hybridized carbons (Fsp3) is 0.316. The standard InChI is InChI=1S/C19H21N5OS/c25-19(16-11-22-23-18(16)14-4-3-6-20-10-14)21-12-17(15-5-9-26-13-15)24-7-1-2-8-24/h3-6,9-11,13,17H,1-2,7-8,12H2,(H,21,25)(H,22,23). The summed E-state index contributed by atoms with van der Waals surface area (Å²) in [5.41, 5.74) is 3.37. The Morgan fingerprint density at radius 2 is 2.19 bits per heavy atom. The Kier molecular flexibility index (Phi) is 5.08. The molecule has 7 heteroatoms. The normalized spacial score (nSPS) is 15.8. The number of aromatic amines is 1. The molecule has 4 rings (SSSR count). The van der Waals surface area contributed by atoms with Crippen molar-refractivity contribution in [1.82, 2.24) is 25.4 Å². The summed E-state index contributed by atoms with van der Waals surface area (Å²) in [5.74, 6) is -0.114. The molecule has 26 heavy (non-hydrogen) atoms. The third-order valence-corrected chi connectivity index (χ3v) is 5.50. The smallest absolute Gasteiger partial charge is 0.255 e. The van der Waals surface area contributed by atoms with Crippen LogP contribution in [0.25, 0.3) is 11.3 Å². The van der Waals surface area contributed by atoms with Crippen molar-refractivity contribution in [2.24, 2.45) is 0 Å². The Hall–Kier alpha value is -2.51. The van der Waals surface area contributed by atoms with E-state index in [-0.39, 0.29) is 11.9 Å². The second-order valence-electron chi connectivity index (χ2n) is 6.43. The highest BCUT2D eigenvalue weighted by molar-refractivity contribution is 7.07. The molecule has 1 aliphatic heterocycles. The van der Waals surface area contributed by atoms with Crippen LogP contribution in [0, 0.1) is 0 Å². The first kappa shape index (κ1) is 16.9. The number of likely N-dealkylation sites (tertiary alicyclic amines) is 1. The van der Waals surface area contributed by atoms with Crippen molar-refractivity contribution in [3.05, 3.63) is 58.7 Å². The highest BCUT2D eigenvalue weighted by Gasteiger charge is 2.25. The number of carbonyl (C=O) groups excluding carboxylic acids is 1. The van der Waals surface area contributed by atoms with E-state index in [1.807, 2.05) is 12.1 Å². The van der Waals surface area contributed by atoms with E-state index in [9.17, 15) is 4.79 Å². The molecule has 0 aliphatic carbocycles. The van der Waals surface area contributed by atoms with E-state index in [1.165, 1.54) is 18.4 Å². The van der Waals surface area contributed by atoms with Gasteiger partial charge in [-0.05, 0) is 60.5 Å². The van der Waals surface area contributed by atoms with Gasteiger partial charge in [0.2, 0.25) is 0 Å². The number of hydrogen-bond acceptors (Lipinski definition) is 5. The quantitative estimate of drug-likeness (QED) is 0.702. The molecule has 4 heterocycles. The third kappa shape index (κ3) is 3.54. The fourth-order valence-electron chi connectivity index (χ4n) is 3.45. The molecule has 0 spiro atoms. The zero-order valence-electron chi connectivity index (χ0n) is 14.4. The average molecular weight is 367 g/mol. The molecule has 1 fully saturated rings. The van der Waals surface area contributed by atoms with Gasteiger partial charge in [-0.1, -0.05) is 0 Å². The number of nitrogens with one attached hydrogen (secondary N) is 2. The first-order valence-corrected chi connectivity index (χ1v) is 9.75. The average Bonchev–Trinajstić information content (AvgIpc) is 3.44. The van der Waals surface area contributed by atoms with Gasteiger partial charge in [0.1, 0.15) is 0 Å². The molecule has 0 radical (unpaired) electrons. The van der Waals surface area contributed by atoms with E-state index in [4.69, 9.17) is 0 Å². The molecular weight excluding hydrogens is 346 g/mol. The van der Waals surface area contributed by atoms with Crippen LogP contribution in [0.15, 0.2) is 47.5 Å². The van der Waals surface area contributed by atoms with E-state index < -0.39 is 0 Å². The van der Waals surface area contributed by atoms with E-state index >= 15 is 0 Å². The predicted octanol–water partition coefficient (Wildman–Crippen LogP) is 3.10. The summed E-state index contributed by atoms with van der Waals surface area (Å²) >= 11 is 1.70. The second kappa shape index (κ2) is 7.80. The Bertz CT molecular complexity index is 840. The molecule has 1 unspecified atom stereocenters. The van der Waals surface area contributed by atoms with Crippen LogP contribution in [0.1, 0.15) is 34.8 Å². The van der Waals surface area contributed by atoms with Crippen LogP contribution in [0.3, 0.4) is 0 Å². The van der Waals surface area contributed by atoms with E-state index in [0.29, 0.717) is 17.8 Å². The van der Waals surface area contributed by atoms with Gasteiger partial charge in [-0.15, -0.1) is 0 Å². The van der Waals surface area contributed by atoms with Crippen LogP contribution in [-0.4, -0.2) is 45.6 Å². The maximum atomic E-state index is 12.8. The number of H-pyrrole nitrogens is 1. The van der Waals surface area contributed by atoms with E-state index in [0.717, 1.165) is 18.7 Å². The molecule has 1 amide bonds. The van der Waals surface area contributed by atoms with Crippen molar-refractivity contribution in [3.8, 4) is 11.3 Å². The lowest BCUT2D eigenvalue weighted by atomic mass is 10.1. The first-order chi connectivity index (χ1) is 12.8. The summed E-state index contributed by atoms with van der Waals surface area (Å²) in [7, 11) is 0. The van der Waals surface area contributed by atoms with Gasteiger partial charge >= 0.3 is 0 Å². The van der Waals surface area contributed by atoms with Crippen LogP contribution in [0.4, 0.5) is 0 Å². The maximum Gasteiger partial charge on any atom is 0.255 e. The summed E-state index contributed by atoms with van der Waals surface area (Å²) in [4.78, 5) is 19.4. The number of pyridine rings is 1. The summed E-state index contributed by atoms with van der Waals surface area (Å²) in [5, 5.41) is 14.3. The third-order valence-electron chi connectivity index (χ3n) is 4.80. The topological polar surface area (TPSA) is 73.9 Å². The molecule has 3 aromatic rings. The zero-order chi connectivity index (χ0) is 17.8. The van der Waals surface area contributed by atoms with Crippen LogP contribution in [-0.2, 0) is 0 Å². The van der Waals surface area contributed by atoms with Gasteiger partial charge in [-0.25, -0.2) is 0 Å².